The third-order valence-electron chi connectivity index (χ3n) is 3.40. The minimum absolute atomic E-state index is 0.111. The second-order valence-electron chi connectivity index (χ2n) is 4.65. The Labute approximate surface area is 99.5 Å². The summed E-state index contributed by atoms with van der Waals surface area (Å²) in [6.07, 6.45) is 8.15. The Kier molecular flexibility index (Phi) is 2.68. The first-order valence-electron chi connectivity index (χ1n) is 6.03. The number of aromatic nitrogens is 3. The molecule has 1 saturated carbocycles. The molecule has 0 radical (unpaired) electrons. The molecule has 1 fully saturated rings. The van der Waals surface area contributed by atoms with Gasteiger partial charge < -0.3 is 10.4 Å². The SMILES string of the molecule is OC1CCC(CNc2nccn3nccc23)C1. The van der Waals surface area contributed by atoms with E-state index in [2.05, 4.69) is 15.4 Å². The van der Waals surface area contributed by atoms with Crippen LogP contribution < -0.4 is 5.32 Å². The van der Waals surface area contributed by atoms with E-state index in [4.69, 9.17) is 0 Å². The van der Waals surface area contributed by atoms with Gasteiger partial charge in [0.2, 0.25) is 0 Å². The van der Waals surface area contributed by atoms with E-state index >= 15 is 0 Å². The number of fused-ring (bicyclic) bond motifs is 1. The molecule has 0 aliphatic heterocycles. The zero-order valence-electron chi connectivity index (χ0n) is 9.58. The molecule has 0 bridgehead atoms. The summed E-state index contributed by atoms with van der Waals surface area (Å²) in [5, 5.41) is 17.0. The Morgan fingerprint density at radius 3 is 3.18 bits per heavy atom. The van der Waals surface area contributed by atoms with Crippen LogP contribution >= 0.6 is 0 Å². The fraction of sp³-hybridized carbons (Fsp3) is 0.500. The van der Waals surface area contributed by atoms with E-state index in [0.29, 0.717) is 5.92 Å². The lowest BCUT2D eigenvalue weighted by Crippen LogP contribution is -2.14. The van der Waals surface area contributed by atoms with Crippen LogP contribution in [0.1, 0.15) is 19.3 Å². The average Bonchev–Trinajstić information content (AvgIpc) is 2.94. The Morgan fingerprint density at radius 2 is 2.35 bits per heavy atom. The lowest BCUT2D eigenvalue weighted by Gasteiger charge is -2.11. The summed E-state index contributed by atoms with van der Waals surface area (Å²) >= 11 is 0. The number of aliphatic hydroxyl groups is 1. The van der Waals surface area contributed by atoms with Gasteiger partial charge in [-0.3, -0.25) is 0 Å². The molecule has 2 heterocycles. The third kappa shape index (κ3) is 2.10. The van der Waals surface area contributed by atoms with Gasteiger partial charge in [-0.05, 0) is 31.2 Å². The van der Waals surface area contributed by atoms with Crippen molar-refractivity contribution in [3.05, 3.63) is 24.7 Å². The molecular weight excluding hydrogens is 216 g/mol. The molecule has 5 nitrogen and oxygen atoms in total. The number of hydrogen-bond donors (Lipinski definition) is 2. The smallest absolute Gasteiger partial charge is 0.152 e. The number of anilines is 1. The van der Waals surface area contributed by atoms with Crippen molar-refractivity contribution in [2.45, 2.75) is 25.4 Å². The van der Waals surface area contributed by atoms with Gasteiger partial charge in [0, 0.05) is 18.9 Å². The van der Waals surface area contributed by atoms with Crippen molar-refractivity contribution in [1.82, 2.24) is 14.6 Å². The maximum Gasteiger partial charge on any atom is 0.152 e. The van der Waals surface area contributed by atoms with E-state index in [1.54, 1.807) is 16.9 Å². The molecule has 0 saturated heterocycles. The second kappa shape index (κ2) is 4.33. The van der Waals surface area contributed by atoms with E-state index in [-0.39, 0.29) is 6.10 Å². The van der Waals surface area contributed by atoms with Gasteiger partial charge >= 0.3 is 0 Å². The average molecular weight is 232 g/mol. The van der Waals surface area contributed by atoms with Crippen molar-refractivity contribution in [2.75, 3.05) is 11.9 Å². The highest BCUT2D eigenvalue weighted by Gasteiger charge is 2.22. The van der Waals surface area contributed by atoms with E-state index < -0.39 is 0 Å². The summed E-state index contributed by atoms with van der Waals surface area (Å²) in [5.41, 5.74) is 0.992. The molecule has 2 aromatic heterocycles. The van der Waals surface area contributed by atoms with Gasteiger partial charge in [0.1, 0.15) is 5.52 Å². The summed E-state index contributed by atoms with van der Waals surface area (Å²) in [6.45, 7) is 0.870. The first-order chi connectivity index (χ1) is 8.33. The highest BCUT2D eigenvalue weighted by molar-refractivity contribution is 5.66. The van der Waals surface area contributed by atoms with Crippen molar-refractivity contribution in [3.8, 4) is 0 Å². The van der Waals surface area contributed by atoms with Crippen LogP contribution in [0.2, 0.25) is 0 Å². The fourth-order valence-corrected chi connectivity index (χ4v) is 2.47. The summed E-state index contributed by atoms with van der Waals surface area (Å²) in [6, 6.07) is 1.94. The number of nitrogens with one attached hydrogen (secondary N) is 1. The molecule has 17 heavy (non-hydrogen) atoms. The number of nitrogens with zero attached hydrogens (tertiary/aromatic N) is 3. The van der Waals surface area contributed by atoms with Crippen LogP contribution in [0.3, 0.4) is 0 Å². The fourth-order valence-electron chi connectivity index (χ4n) is 2.47. The third-order valence-corrected chi connectivity index (χ3v) is 3.40. The van der Waals surface area contributed by atoms with Crippen LogP contribution in [-0.2, 0) is 0 Å². The molecule has 0 aromatic carbocycles. The highest BCUT2D eigenvalue weighted by Crippen LogP contribution is 2.25. The molecule has 2 N–H and O–H groups in total. The first kappa shape index (κ1) is 10.5. The van der Waals surface area contributed by atoms with Crippen molar-refractivity contribution in [3.63, 3.8) is 0 Å². The minimum Gasteiger partial charge on any atom is -0.393 e. The Balaban J connectivity index is 1.70. The zero-order valence-corrected chi connectivity index (χ0v) is 9.58. The van der Waals surface area contributed by atoms with Gasteiger partial charge in [-0.15, -0.1) is 0 Å². The minimum atomic E-state index is -0.111. The van der Waals surface area contributed by atoms with E-state index in [1.165, 1.54) is 0 Å². The van der Waals surface area contributed by atoms with E-state index in [1.807, 2.05) is 12.3 Å². The van der Waals surface area contributed by atoms with E-state index in [0.717, 1.165) is 37.1 Å². The largest absolute Gasteiger partial charge is 0.393 e. The van der Waals surface area contributed by atoms with Gasteiger partial charge in [-0.25, -0.2) is 9.50 Å². The predicted molar refractivity (Wildman–Crippen MR) is 64.8 cm³/mol. The van der Waals surface area contributed by atoms with Crippen LogP contribution in [-0.4, -0.2) is 32.4 Å². The molecule has 5 heteroatoms. The first-order valence-corrected chi connectivity index (χ1v) is 6.03. The normalized spacial score (nSPS) is 24.3. The number of aliphatic hydroxyl groups excluding tert-OH is 1. The second-order valence-corrected chi connectivity index (χ2v) is 4.65. The molecule has 0 amide bonds. The Hall–Kier alpha value is -1.62. The van der Waals surface area contributed by atoms with Crippen LogP contribution in [0.25, 0.3) is 5.52 Å². The molecule has 1 aliphatic carbocycles. The molecule has 90 valence electrons. The van der Waals surface area contributed by atoms with Crippen molar-refractivity contribution < 1.29 is 5.11 Å². The van der Waals surface area contributed by atoms with Gasteiger partial charge in [0.15, 0.2) is 5.82 Å². The van der Waals surface area contributed by atoms with Crippen molar-refractivity contribution in [1.29, 1.82) is 0 Å². The molecule has 2 atom stereocenters. The van der Waals surface area contributed by atoms with Gasteiger partial charge in [-0.1, -0.05) is 0 Å². The summed E-state index contributed by atoms with van der Waals surface area (Å²) in [5.74, 6) is 1.42. The van der Waals surface area contributed by atoms with Crippen molar-refractivity contribution >= 4 is 11.3 Å². The number of rotatable bonds is 3. The lowest BCUT2D eigenvalue weighted by molar-refractivity contribution is 0.178. The molecule has 2 aromatic rings. The van der Waals surface area contributed by atoms with Gasteiger partial charge in [0.25, 0.3) is 0 Å². The Bertz CT molecular complexity index is 510. The summed E-state index contributed by atoms with van der Waals surface area (Å²) in [4.78, 5) is 4.32. The summed E-state index contributed by atoms with van der Waals surface area (Å²) in [7, 11) is 0. The topological polar surface area (TPSA) is 62.5 Å². The highest BCUT2D eigenvalue weighted by atomic mass is 16.3. The van der Waals surface area contributed by atoms with Crippen LogP contribution in [0.15, 0.2) is 24.7 Å². The molecule has 3 rings (SSSR count). The molecule has 1 aliphatic rings. The molecular formula is C12H16N4O. The summed E-state index contributed by atoms with van der Waals surface area (Å²) < 4.78 is 1.80. The lowest BCUT2D eigenvalue weighted by atomic mass is 10.1. The predicted octanol–water partition coefficient (Wildman–Crippen LogP) is 1.30. The molecule has 0 spiro atoms. The quantitative estimate of drug-likeness (QED) is 0.837. The van der Waals surface area contributed by atoms with Crippen LogP contribution in [0.5, 0.6) is 0 Å². The number of hydrogen-bond acceptors (Lipinski definition) is 4. The molecule has 2 unspecified atom stereocenters. The maximum atomic E-state index is 9.48. The monoisotopic (exact) mass is 232 g/mol. The standard InChI is InChI=1S/C12H16N4O/c17-10-2-1-9(7-10)8-14-12-11-3-4-15-16(11)6-5-13-12/h3-6,9-10,17H,1-2,7-8H2,(H,13,14). The van der Waals surface area contributed by atoms with Gasteiger partial charge in [-0.2, -0.15) is 5.10 Å². The maximum absolute atomic E-state index is 9.48. The Morgan fingerprint density at radius 1 is 1.41 bits per heavy atom. The van der Waals surface area contributed by atoms with Crippen LogP contribution in [0.4, 0.5) is 5.82 Å². The van der Waals surface area contributed by atoms with Gasteiger partial charge in [0.05, 0.1) is 12.3 Å². The van der Waals surface area contributed by atoms with Crippen LogP contribution in [0, 0.1) is 5.92 Å². The zero-order chi connectivity index (χ0) is 11.7. The van der Waals surface area contributed by atoms with Crippen molar-refractivity contribution in [2.24, 2.45) is 5.92 Å². The van der Waals surface area contributed by atoms with E-state index in [9.17, 15) is 5.11 Å².